The van der Waals surface area contributed by atoms with E-state index >= 15 is 0 Å². The molecule has 0 saturated heterocycles. The predicted molar refractivity (Wildman–Crippen MR) is 79.3 cm³/mol. The van der Waals surface area contributed by atoms with Crippen LogP contribution >= 0.6 is 0 Å². The summed E-state index contributed by atoms with van der Waals surface area (Å²) in [5.41, 5.74) is 0.729. The summed E-state index contributed by atoms with van der Waals surface area (Å²) in [6.45, 7) is 1.42. The van der Waals surface area contributed by atoms with Gasteiger partial charge in [0.2, 0.25) is 0 Å². The van der Waals surface area contributed by atoms with Gasteiger partial charge in [-0.05, 0) is 55.8 Å². The first-order valence-corrected chi connectivity index (χ1v) is 7.90. The average molecular weight is 317 g/mol. The van der Waals surface area contributed by atoms with Crippen LogP contribution < -0.4 is 5.32 Å². The van der Waals surface area contributed by atoms with Crippen molar-refractivity contribution in [3.8, 4) is 0 Å². The summed E-state index contributed by atoms with van der Waals surface area (Å²) < 4.78 is 51.3. The number of benzene rings is 1. The molecule has 1 aromatic carbocycles. The molecule has 1 nitrogen and oxygen atoms in total. The van der Waals surface area contributed by atoms with Crippen LogP contribution in [0, 0.1) is 5.82 Å². The van der Waals surface area contributed by atoms with Gasteiger partial charge in [0, 0.05) is 0 Å². The van der Waals surface area contributed by atoms with Gasteiger partial charge in [-0.2, -0.15) is 13.2 Å². The van der Waals surface area contributed by atoms with Crippen LogP contribution in [0.2, 0.25) is 0 Å². The van der Waals surface area contributed by atoms with Gasteiger partial charge in [0.25, 0.3) is 0 Å². The fourth-order valence-electron chi connectivity index (χ4n) is 3.37. The number of hydrogen-bond acceptors (Lipinski definition) is 1. The molecule has 0 amide bonds. The molecule has 0 bridgehead atoms. The van der Waals surface area contributed by atoms with Gasteiger partial charge in [-0.25, -0.2) is 4.39 Å². The molecule has 0 aromatic heterocycles. The third-order valence-electron chi connectivity index (χ3n) is 4.79. The number of hydrogen-bond donors (Lipinski definition) is 1. The summed E-state index contributed by atoms with van der Waals surface area (Å²) >= 11 is 0. The van der Waals surface area contributed by atoms with Crippen molar-refractivity contribution in [2.45, 2.75) is 63.1 Å². The van der Waals surface area contributed by atoms with Crippen molar-refractivity contribution < 1.29 is 17.6 Å². The van der Waals surface area contributed by atoms with Crippen LogP contribution in [0.3, 0.4) is 0 Å². The Labute approximate surface area is 129 Å². The summed E-state index contributed by atoms with van der Waals surface area (Å²) in [5.74, 6) is -0.279. The topological polar surface area (TPSA) is 12.0 Å². The minimum absolute atomic E-state index is 0.196. The lowest BCUT2D eigenvalue weighted by molar-refractivity contribution is -0.151. The van der Waals surface area contributed by atoms with Crippen molar-refractivity contribution in [3.63, 3.8) is 0 Å². The molecule has 1 aromatic rings. The Morgan fingerprint density at radius 1 is 1.18 bits per heavy atom. The summed E-state index contributed by atoms with van der Waals surface area (Å²) in [6, 6.07) is 5.03. The molecular weight excluding hydrogens is 294 g/mol. The Balaban J connectivity index is 2.07. The third kappa shape index (κ3) is 4.22. The van der Waals surface area contributed by atoms with Gasteiger partial charge in [-0.1, -0.05) is 31.4 Å². The zero-order chi connectivity index (χ0) is 16.2. The summed E-state index contributed by atoms with van der Waals surface area (Å²) in [7, 11) is 0. The molecule has 22 heavy (non-hydrogen) atoms. The molecule has 0 aliphatic heterocycles. The number of nitrogens with one attached hydrogen (secondary N) is 1. The summed E-state index contributed by atoms with van der Waals surface area (Å²) in [4.78, 5) is 0. The number of alkyl halides is 3. The molecule has 1 aliphatic carbocycles. The highest BCUT2D eigenvalue weighted by molar-refractivity contribution is 5.27. The maximum atomic E-state index is 13.5. The maximum Gasteiger partial charge on any atom is 0.403 e. The Kier molecular flexibility index (Phi) is 5.48. The van der Waals surface area contributed by atoms with Gasteiger partial charge >= 0.3 is 6.18 Å². The molecule has 0 spiro atoms. The monoisotopic (exact) mass is 317 g/mol. The molecule has 1 saturated carbocycles. The minimum atomic E-state index is -4.22. The van der Waals surface area contributed by atoms with E-state index in [1.807, 2.05) is 6.07 Å². The maximum absolute atomic E-state index is 13.5. The molecule has 5 heteroatoms. The molecule has 1 aliphatic rings. The lowest BCUT2D eigenvalue weighted by Crippen LogP contribution is -2.42. The van der Waals surface area contributed by atoms with Gasteiger partial charge in [0.05, 0.1) is 0 Å². The van der Waals surface area contributed by atoms with Crippen molar-refractivity contribution >= 4 is 0 Å². The van der Waals surface area contributed by atoms with Crippen LogP contribution in [0.4, 0.5) is 17.6 Å². The minimum Gasteiger partial charge on any atom is -0.306 e. The van der Waals surface area contributed by atoms with Crippen molar-refractivity contribution in [1.29, 1.82) is 0 Å². The van der Waals surface area contributed by atoms with Gasteiger partial charge in [-0.15, -0.1) is 0 Å². The molecule has 1 N–H and O–H groups in total. The largest absolute Gasteiger partial charge is 0.403 e. The van der Waals surface area contributed by atoms with E-state index in [9.17, 15) is 17.6 Å². The lowest BCUT2D eigenvalue weighted by atomic mass is 9.67. The second kappa shape index (κ2) is 6.99. The van der Waals surface area contributed by atoms with E-state index in [1.54, 1.807) is 12.1 Å². The van der Waals surface area contributed by atoms with E-state index in [-0.39, 0.29) is 17.8 Å². The van der Waals surface area contributed by atoms with Gasteiger partial charge < -0.3 is 5.32 Å². The first kappa shape index (κ1) is 17.3. The van der Waals surface area contributed by atoms with Crippen LogP contribution in [-0.2, 0) is 5.41 Å². The van der Waals surface area contributed by atoms with E-state index < -0.39 is 12.2 Å². The Hall–Kier alpha value is -1.10. The van der Waals surface area contributed by atoms with Crippen LogP contribution in [0.25, 0.3) is 0 Å². The molecular formula is C17H23F4N. The molecule has 1 fully saturated rings. The van der Waals surface area contributed by atoms with E-state index in [0.717, 1.165) is 44.6 Å². The first-order valence-electron chi connectivity index (χ1n) is 7.90. The fourth-order valence-corrected chi connectivity index (χ4v) is 3.37. The zero-order valence-corrected chi connectivity index (χ0v) is 12.8. The normalized spacial score (nSPS) is 19.9. The highest BCUT2D eigenvalue weighted by Gasteiger charge is 2.37. The summed E-state index contributed by atoms with van der Waals surface area (Å²) in [5, 5.41) is 2.56. The second-order valence-electron chi connectivity index (χ2n) is 6.32. The molecule has 124 valence electrons. The summed E-state index contributed by atoms with van der Waals surface area (Å²) in [6.07, 6.45) is 1.45. The standard InChI is InChI=1S/C17H23F4N/c1-13(17(19,20)21)22-11-10-16(8-3-2-4-9-16)14-6-5-7-15(18)12-14/h5-7,12-13,22H,2-4,8-11H2,1H3. The van der Waals surface area contributed by atoms with Crippen LogP contribution in [0.5, 0.6) is 0 Å². The van der Waals surface area contributed by atoms with E-state index in [4.69, 9.17) is 0 Å². The zero-order valence-electron chi connectivity index (χ0n) is 12.8. The number of halogens is 4. The third-order valence-corrected chi connectivity index (χ3v) is 4.79. The van der Waals surface area contributed by atoms with Gasteiger partial charge in [0.1, 0.15) is 11.9 Å². The van der Waals surface area contributed by atoms with Crippen molar-refractivity contribution in [2.75, 3.05) is 6.54 Å². The van der Waals surface area contributed by atoms with Crippen molar-refractivity contribution in [3.05, 3.63) is 35.6 Å². The lowest BCUT2D eigenvalue weighted by Gasteiger charge is -2.38. The second-order valence-corrected chi connectivity index (χ2v) is 6.32. The van der Waals surface area contributed by atoms with Gasteiger partial charge in [-0.3, -0.25) is 0 Å². The van der Waals surface area contributed by atoms with E-state index in [1.165, 1.54) is 6.07 Å². The molecule has 1 atom stereocenters. The molecule has 2 rings (SSSR count). The molecule has 0 heterocycles. The van der Waals surface area contributed by atoms with Crippen LogP contribution in [0.15, 0.2) is 24.3 Å². The number of rotatable bonds is 5. The Morgan fingerprint density at radius 2 is 1.86 bits per heavy atom. The van der Waals surface area contributed by atoms with Gasteiger partial charge in [0.15, 0.2) is 0 Å². The Morgan fingerprint density at radius 3 is 2.45 bits per heavy atom. The van der Waals surface area contributed by atoms with E-state index in [2.05, 4.69) is 5.32 Å². The van der Waals surface area contributed by atoms with E-state index in [0.29, 0.717) is 6.42 Å². The molecule has 1 unspecified atom stereocenters. The molecule has 0 radical (unpaired) electrons. The highest BCUT2D eigenvalue weighted by Crippen LogP contribution is 2.42. The van der Waals surface area contributed by atoms with Crippen LogP contribution in [-0.4, -0.2) is 18.8 Å². The fraction of sp³-hybridized carbons (Fsp3) is 0.647. The quantitative estimate of drug-likeness (QED) is 0.757. The van der Waals surface area contributed by atoms with Crippen molar-refractivity contribution in [2.24, 2.45) is 0 Å². The Bertz CT molecular complexity index is 478. The van der Waals surface area contributed by atoms with Crippen LogP contribution in [0.1, 0.15) is 51.0 Å². The van der Waals surface area contributed by atoms with Crippen molar-refractivity contribution in [1.82, 2.24) is 5.32 Å². The predicted octanol–water partition coefficient (Wildman–Crippen LogP) is 4.96. The average Bonchev–Trinajstić information content (AvgIpc) is 2.47. The highest BCUT2D eigenvalue weighted by atomic mass is 19.4. The first-order chi connectivity index (χ1) is 10.3. The SMILES string of the molecule is CC(NCCC1(c2cccc(F)c2)CCCCC1)C(F)(F)F. The smallest absolute Gasteiger partial charge is 0.306 e.